The minimum absolute atomic E-state index is 0.672. The summed E-state index contributed by atoms with van der Waals surface area (Å²) in [6.45, 7) is 0.872. The van der Waals surface area contributed by atoms with Gasteiger partial charge in [0.1, 0.15) is 0 Å². The van der Waals surface area contributed by atoms with Crippen LogP contribution < -0.4 is 5.32 Å². The van der Waals surface area contributed by atoms with Gasteiger partial charge in [-0.1, -0.05) is 5.16 Å². The van der Waals surface area contributed by atoms with E-state index in [-0.39, 0.29) is 0 Å². The second kappa shape index (κ2) is 5.42. The molecule has 3 rings (SSSR count). The number of aryl methyl sites for hydroxylation is 1. The lowest BCUT2D eigenvalue weighted by Crippen LogP contribution is -2.10. The molecule has 0 radical (unpaired) electrons. The summed E-state index contributed by atoms with van der Waals surface area (Å²) < 4.78 is 5.34. The Morgan fingerprint density at radius 3 is 3.28 bits per heavy atom. The van der Waals surface area contributed by atoms with E-state index in [2.05, 4.69) is 21.5 Å². The molecule has 4 nitrogen and oxygen atoms in total. The lowest BCUT2D eigenvalue weighted by molar-refractivity contribution is 0.423. The first-order valence-corrected chi connectivity index (χ1v) is 8.01. The van der Waals surface area contributed by atoms with Gasteiger partial charge in [0, 0.05) is 23.6 Å². The zero-order valence-corrected chi connectivity index (χ0v) is 11.9. The maximum atomic E-state index is 5.34. The summed E-state index contributed by atoms with van der Waals surface area (Å²) in [7, 11) is 1.92. The monoisotopic (exact) mass is 281 g/mol. The highest BCUT2D eigenvalue weighted by Gasteiger charge is 2.17. The molecular formula is C12H15N3OS2. The molecule has 2 aromatic rings. The summed E-state index contributed by atoms with van der Waals surface area (Å²) in [4.78, 5) is 7.05. The highest BCUT2D eigenvalue weighted by molar-refractivity contribution is 7.98. The van der Waals surface area contributed by atoms with Gasteiger partial charge in [-0.05, 0) is 30.9 Å². The fourth-order valence-electron chi connectivity index (χ4n) is 1.95. The lowest BCUT2D eigenvalue weighted by atomic mass is 10.2. The fourth-order valence-corrected chi connectivity index (χ4v) is 4.24. The Bertz CT molecular complexity index is 512. The summed E-state index contributed by atoms with van der Waals surface area (Å²) in [6.07, 6.45) is 1.98. The summed E-state index contributed by atoms with van der Waals surface area (Å²) in [5, 5.41) is 7.09. The van der Waals surface area contributed by atoms with Crippen LogP contribution in [0.15, 0.2) is 10.6 Å². The molecule has 2 aromatic heterocycles. The summed E-state index contributed by atoms with van der Waals surface area (Å²) >= 11 is 3.79. The van der Waals surface area contributed by atoms with Crippen molar-refractivity contribution < 1.29 is 4.52 Å². The van der Waals surface area contributed by atoms with Crippen molar-refractivity contribution in [2.24, 2.45) is 0 Å². The Kier molecular flexibility index (Phi) is 3.67. The minimum Gasteiger partial charge on any atom is -0.333 e. The molecule has 0 unspecified atom stereocenters. The predicted molar refractivity (Wildman–Crippen MR) is 75.1 cm³/mol. The first-order valence-electron chi connectivity index (χ1n) is 6.03. The number of hydrogen-bond donors (Lipinski definition) is 1. The summed E-state index contributed by atoms with van der Waals surface area (Å²) in [5.41, 5.74) is 1.45. The van der Waals surface area contributed by atoms with Crippen LogP contribution in [0.1, 0.15) is 16.3 Å². The average Bonchev–Trinajstić information content (AvgIpc) is 3.02. The molecule has 6 heteroatoms. The van der Waals surface area contributed by atoms with Crippen LogP contribution in [-0.2, 0) is 18.6 Å². The highest BCUT2D eigenvalue weighted by atomic mass is 32.2. The van der Waals surface area contributed by atoms with E-state index in [1.54, 1.807) is 11.3 Å². The summed E-state index contributed by atoms with van der Waals surface area (Å²) in [6, 6.07) is 2.21. The molecule has 18 heavy (non-hydrogen) atoms. The van der Waals surface area contributed by atoms with Gasteiger partial charge in [-0.15, -0.1) is 11.3 Å². The van der Waals surface area contributed by atoms with Crippen LogP contribution in [0.25, 0.3) is 10.8 Å². The third-order valence-electron chi connectivity index (χ3n) is 2.91. The van der Waals surface area contributed by atoms with Gasteiger partial charge in [0.25, 0.3) is 5.89 Å². The zero-order chi connectivity index (χ0) is 12.4. The number of thiophene rings is 1. The molecular weight excluding hydrogens is 266 g/mol. The Morgan fingerprint density at radius 2 is 2.44 bits per heavy atom. The first-order chi connectivity index (χ1) is 8.86. The van der Waals surface area contributed by atoms with E-state index in [4.69, 9.17) is 4.52 Å². The average molecular weight is 281 g/mol. The van der Waals surface area contributed by atoms with Crippen molar-refractivity contribution in [3.63, 3.8) is 0 Å². The molecule has 0 aliphatic carbocycles. The van der Waals surface area contributed by atoms with Gasteiger partial charge >= 0.3 is 0 Å². The number of rotatable bonds is 4. The van der Waals surface area contributed by atoms with E-state index in [9.17, 15) is 0 Å². The minimum atomic E-state index is 0.672. The van der Waals surface area contributed by atoms with Crippen molar-refractivity contribution in [3.05, 3.63) is 22.3 Å². The molecule has 0 bridgehead atoms. The molecule has 3 heterocycles. The fraction of sp³-hybridized carbons (Fsp3) is 0.500. The van der Waals surface area contributed by atoms with E-state index >= 15 is 0 Å². The van der Waals surface area contributed by atoms with Crippen molar-refractivity contribution in [2.45, 2.75) is 18.6 Å². The Hall–Kier alpha value is -0.850. The Labute approximate surface area is 114 Å². The second-order valence-electron chi connectivity index (χ2n) is 4.23. The number of likely N-dealkylation sites (N-methyl/N-ethyl adjacent to an activating group) is 1. The molecule has 0 saturated carbocycles. The van der Waals surface area contributed by atoms with Crippen LogP contribution in [0.5, 0.6) is 0 Å². The third-order valence-corrected chi connectivity index (χ3v) is 5.14. The number of nitrogens with one attached hydrogen (secondary N) is 1. The Balaban J connectivity index is 1.81. The second-order valence-corrected chi connectivity index (χ2v) is 6.47. The molecule has 1 N–H and O–H groups in total. The molecule has 0 atom stereocenters. The third kappa shape index (κ3) is 2.46. The van der Waals surface area contributed by atoms with Crippen LogP contribution in [-0.4, -0.2) is 29.5 Å². The maximum absolute atomic E-state index is 5.34. The molecule has 0 aromatic carbocycles. The van der Waals surface area contributed by atoms with Gasteiger partial charge < -0.3 is 9.84 Å². The number of aromatic nitrogens is 2. The standard InChI is InChI=1S/C12H15N3OS2/c1-13-4-2-11-14-12(16-15-11)10-6-8-7-17-5-3-9(8)18-10/h6,13H,2-5,7H2,1H3. The molecule has 0 amide bonds. The van der Waals surface area contributed by atoms with Crippen molar-refractivity contribution in [1.29, 1.82) is 0 Å². The van der Waals surface area contributed by atoms with Gasteiger partial charge in [-0.3, -0.25) is 0 Å². The van der Waals surface area contributed by atoms with Crippen molar-refractivity contribution in [1.82, 2.24) is 15.5 Å². The molecule has 0 saturated heterocycles. The van der Waals surface area contributed by atoms with Gasteiger partial charge in [0.05, 0.1) is 4.88 Å². The van der Waals surface area contributed by atoms with Gasteiger partial charge in [-0.25, -0.2) is 0 Å². The highest BCUT2D eigenvalue weighted by Crippen LogP contribution is 2.36. The smallest absolute Gasteiger partial charge is 0.268 e. The van der Waals surface area contributed by atoms with Gasteiger partial charge in [-0.2, -0.15) is 16.7 Å². The molecule has 96 valence electrons. The SMILES string of the molecule is CNCCc1noc(-c2cc3c(s2)CCSC3)n1. The van der Waals surface area contributed by atoms with Crippen molar-refractivity contribution in [2.75, 3.05) is 19.3 Å². The largest absolute Gasteiger partial charge is 0.333 e. The quantitative estimate of drug-likeness (QED) is 0.932. The summed E-state index contributed by atoms with van der Waals surface area (Å²) in [5.74, 6) is 3.79. The van der Waals surface area contributed by atoms with Crippen LogP contribution in [0, 0.1) is 0 Å². The number of nitrogens with zero attached hydrogens (tertiary/aromatic N) is 2. The van der Waals surface area contributed by atoms with Gasteiger partial charge in [0.2, 0.25) is 0 Å². The zero-order valence-electron chi connectivity index (χ0n) is 10.2. The predicted octanol–water partition coefficient (Wildman–Crippen LogP) is 2.35. The first kappa shape index (κ1) is 12.2. The lowest BCUT2D eigenvalue weighted by Gasteiger charge is -2.08. The molecule has 1 aliphatic heterocycles. The van der Waals surface area contributed by atoms with Crippen LogP contribution in [0.4, 0.5) is 0 Å². The topological polar surface area (TPSA) is 51.0 Å². The van der Waals surface area contributed by atoms with Crippen molar-refractivity contribution in [3.8, 4) is 10.8 Å². The molecule has 0 spiro atoms. The van der Waals surface area contributed by atoms with Crippen LogP contribution >= 0.6 is 23.1 Å². The van der Waals surface area contributed by atoms with E-state index in [0.29, 0.717) is 5.89 Å². The molecule has 0 fully saturated rings. The molecule has 1 aliphatic rings. The number of fused-ring (bicyclic) bond motifs is 1. The number of thioether (sulfide) groups is 1. The van der Waals surface area contributed by atoms with Crippen LogP contribution in [0.2, 0.25) is 0 Å². The van der Waals surface area contributed by atoms with E-state index in [1.165, 1.54) is 22.6 Å². The number of hydrogen-bond acceptors (Lipinski definition) is 6. The van der Waals surface area contributed by atoms with E-state index in [0.717, 1.165) is 29.4 Å². The van der Waals surface area contributed by atoms with Gasteiger partial charge in [0.15, 0.2) is 5.82 Å². The van der Waals surface area contributed by atoms with Crippen LogP contribution in [0.3, 0.4) is 0 Å². The normalized spacial score (nSPS) is 14.7. The maximum Gasteiger partial charge on any atom is 0.268 e. The van der Waals surface area contributed by atoms with E-state index in [1.807, 2.05) is 18.8 Å². The van der Waals surface area contributed by atoms with Crippen molar-refractivity contribution >= 4 is 23.1 Å². The Morgan fingerprint density at radius 1 is 1.50 bits per heavy atom. The van der Waals surface area contributed by atoms with E-state index < -0.39 is 0 Å².